The number of oxazole rings is 1. The number of halogens is 2. The zero-order valence-corrected chi connectivity index (χ0v) is 12.7. The first kappa shape index (κ1) is 15.6. The molecule has 1 saturated heterocycles. The molecule has 0 saturated carbocycles. The van der Waals surface area contributed by atoms with E-state index in [9.17, 15) is 18.7 Å². The van der Waals surface area contributed by atoms with Gasteiger partial charge in [0.05, 0.1) is 17.8 Å². The summed E-state index contributed by atoms with van der Waals surface area (Å²) in [4.78, 5) is 18.1. The maximum Gasteiger partial charge on any atom is 0.292 e. The number of hydrogen-bond acceptors (Lipinski definition) is 4. The number of hydrogen-bond donors (Lipinski definition) is 1. The quantitative estimate of drug-likeness (QED) is 0.922. The van der Waals surface area contributed by atoms with Crippen LogP contribution in [0.25, 0.3) is 0 Å². The van der Waals surface area contributed by atoms with Crippen molar-refractivity contribution in [3.05, 3.63) is 52.7 Å². The predicted octanol–water partition coefficient (Wildman–Crippen LogP) is 2.52. The molecule has 0 aliphatic carbocycles. The van der Waals surface area contributed by atoms with Gasteiger partial charge >= 0.3 is 0 Å². The minimum Gasteiger partial charge on any atom is -0.436 e. The molecule has 1 aliphatic heterocycles. The Balaban J connectivity index is 1.94. The van der Waals surface area contributed by atoms with Gasteiger partial charge in [-0.1, -0.05) is 6.07 Å². The van der Waals surface area contributed by atoms with Crippen LogP contribution in [0.3, 0.4) is 0 Å². The van der Waals surface area contributed by atoms with E-state index in [1.807, 2.05) is 0 Å². The summed E-state index contributed by atoms with van der Waals surface area (Å²) in [6.45, 7) is 3.39. The van der Waals surface area contributed by atoms with Gasteiger partial charge in [0.1, 0.15) is 0 Å². The fourth-order valence-electron chi connectivity index (χ4n) is 2.93. The average Bonchev–Trinajstić information content (AvgIpc) is 3.03. The van der Waals surface area contributed by atoms with Crippen LogP contribution in [0.2, 0.25) is 0 Å². The van der Waals surface area contributed by atoms with E-state index in [1.54, 1.807) is 13.8 Å². The van der Waals surface area contributed by atoms with Crippen molar-refractivity contribution in [2.45, 2.75) is 32.4 Å². The van der Waals surface area contributed by atoms with Gasteiger partial charge in [-0.15, -0.1) is 0 Å². The van der Waals surface area contributed by atoms with Gasteiger partial charge in [0.2, 0.25) is 5.76 Å². The highest BCUT2D eigenvalue weighted by atomic mass is 19.2. The second-order valence-electron chi connectivity index (χ2n) is 5.68. The van der Waals surface area contributed by atoms with Gasteiger partial charge in [-0.3, -0.25) is 4.79 Å². The van der Waals surface area contributed by atoms with Crippen molar-refractivity contribution in [1.29, 1.82) is 0 Å². The Kier molecular flexibility index (Phi) is 3.89. The number of aliphatic hydroxyl groups excluding tert-OH is 1. The first-order valence-corrected chi connectivity index (χ1v) is 7.25. The Morgan fingerprint density at radius 3 is 2.70 bits per heavy atom. The van der Waals surface area contributed by atoms with E-state index in [-0.39, 0.29) is 18.7 Å². The van der Waals surface area contributed by atoms with Gasteiger partial charge in [-0.25, -0.2) is 13.8 Å². The monoisotopic (exact) mass is 322 g/mol. The van der Waals surface area contributed by atoms with Gasteiger partial charge in [0.15, 0.2) is 17.5 Å². The van der Waals surface area contributed by atoms with E-state index < -0.39 is 29.7 Å². The minimum absolute atomic E-state index is 0.0989. The van der Waals surface area contributed by atoms with Crippen molar-refractivity contribution in [2.24, 2.45) is 0 Å². The summed E-state index contributed by atoms with van der Waals surface area (Å²) in [5.74, 6) is -1.89. The van der Waals surface area contributed by atoms with Crippen molar-refractivity contribution >= 4 is 5.91 Å². The summed E-state index contributed by atoms with van der Waals surface area (Å²) in [5.41, 5.74) is 0.889. The van der Waals surface area contributed by atoms with Gasteiger partial charge < -0.3 is 14.4 Å². The lowest BCUT2D eigenvalue weighted by atomic mass is 10.0. The molecule has 0 radical (unpaired) electrons. The number of aromatic nitrogens is 1. The molecule has 122 valence electrons. The number of likely N-dealkylation sites (tertiary alicyclic amines) is 1. The number of aliphatic hydroxyl groups is 1. The molecule has 2 aromatic rings. The molecule has 23 heavy (non-hydrogen) atoms. The summed E-state index contributed by atoms with van der Waals surface area (Å²) >= 11 is 0. The van der Waals surface area contributed by atoms with Crippen molar-refractivity contribution in [3.8, 4) is 0 Å². The molecule has 1 aromatic carbocycles. The van der Waals surface area contributed by atoms with Crippen molar-refractivity contribution in [2.75, 3.05) is 6.54 Å². The molecule has 1 aliphatic rings. The molecule has 2 heterocycles. The zero-order chi connectivity index (χ0) is 16.7. The second-order valence-corrected chi connectivity index (χ2v) is 5.68. The standard InChI is InChI=1S/C16H16F2N2O3/c1-8-15(23-9(2)19-8)16(22)20-7-11(21)6-14(20)10-3-4-12(17)13(18)5-10/h3-5,11,14,21H,6-7H2,1-2H3/t11-,14-/m0/s1. The predicted molar refractivity (Wildman–Crippen MR) is 76.7 cm³/mol. The van der Waals surface area contributed by atoms with Gasteiger partial charge in [0.25, 0.3) is 5.91 Å². The van der Waals surface area contributed by atoms with Crippen LogP contribution < -0.4 is 0 Å². The van der Waals surface area contributed by atoms with E-state index >= 15 is 0 Å². The number of β-amino-alcohol motifs (C(OH)–C–C–N with tert-alkyl or cyclic N) is 1. The third-order valence-electron chi connectivity index (χ3n) is 3.97. The Morgan fingerprint density at radius 2 is 2.09 bits per heavy atom. The summed E-state index contributed by atoms with van der Waals surface area (Å²) in [6, 6.07) is 2.94. The average molecular weight is 322 g/mol. The van der Waals surface area contributed by atoms with Crippen LogP contribution in [0.15, 0.2) is 22.6 Å². The maximum atomic E-state index is 13.5. The molecule has 2 atom stereocenters. The lowest BCUT2D eigenvalue weighted by Gasteiger charge is -2.24. The third-order valence-corrected chi connectivity index (χ3v) is 3.97. The smallest absolute Gasteiger partial charge is 0.292 e. The molecule has 0 unspecified atom stereocenters. The van der Waals surface area contributed by atoms with E-state index in [1.165, 1.54) is 11.0 Å². The zero-order valence-electron chi connectivity index (χ0n) is 12.7. The Bertz CT molecular complexity index is 760. The Morgan fingerprint density at radius 1 is 1.35 bits per heavy atom. The molecule has 0 bridgehead atoms. The number of amides is 1. The van der Waals surface area contributed by atoms with E-state index in [2.05, 4.69) is 4.98 Å². The van der Waals surface area contributed by atoms with Crippen molar-refractivity contribution in [3.63, 3.8) is 0 Å². The van der Waals surface area contributed by atoms with Gasteiger partial charge in [0, 0.05) is 13.5 Å². The fourth-order valence-corrected chi connectivity index (χ4v) is 2.93. The number of benzene rings is 1. The Labute approximate surface area is 131 Å². The lowest BCUT2D eigenvalue weighted by molar-refractivity contribution is 0.0681. The van der Waals surface area contributed by atoms with Crippen LogP contribution in [-0.2, 0) is 0 Å². The van der Waals surface area contributed by atoms with Gasteiger partial charge in [-0.05, 0) is 31.0 Å². The highest BCUT2D eigenvalue weighted by molar-refractivity contribution is 5.93. The van der Waals surface area contributed by atoms with Crippen LogP contribution in [0, 0.1) is 25.5 Å². The molecule has 7 heteroatoms. The van der Waals surface area contributed by atoms with Crippen molar-refractivity contribution < 1.29 is 23.1 Å². The first-order chi connectivity index (χ1) is 10.9. The molecular weight excluding hydrogens is 306 g/mol. The van der Waals surface area contributed by atoms with Crippen LogP contribution in [0.1, 0.15) is 40.2 Å². The number of rotatable bonds is 2. The topological polar surface area (TPSA) is 66.6 Å². The van der Waals surface area contributed by atoms with E-state index in [4.69, 9.17) is 4.42 Å². The third kappa shape index (κ3) is 2.84. The summed E-state index contributed by atoms with van der Waals surface area (Å²) in [6.07, 6.45) is -0.482. The highest BCUT2D eigenvalue weighted by Gasteiger charge is 2.38. The summed E-state index contributed by atoms with van der Waals surface area (Å²) in [7, 11) is 0. The van der Waals surface area contributed by atoms with E-state index in [0.29, 0.717) is 17.1 Å². The van der Waals surface area contributed by atoms with Crippen LogP contribution in [0.4, 0.5) is 8.78 Å². The Hall–Kier alpha value is -2.28. The number of nitrogens with zero attached hydrogens (tertiary/aromatic N) is 2. The molecule has 5 nitrogen and oxygen atoms in total. The maximum absolute atomic E-state index is 13.5. The van der Waals surface area contributed by atoms with E-state index in [0.717, 1.165) is 12.1 Å². The van der Waals surface area contributed by atoms with Crippen molar-refractivity contribution in [1.82, 2.24) is 9.88 Å². The normalized spacial score (nSPS) is 21.0. The number of aryl methyl sites for hydroxylation is 2. The largest absolute Gasteiger partial charge is 0.436 e. The first-order valence-electron chi connectivity index (χ1n) is 7.25. The van der Waals surface area contributed by atoms with Crippen LogP contribution in [-0.4, -0.2) is 33.5 Å². The lowest BCUT2D eigenvalue weighted by Crippen LogP contribution is -2.32. The summed E-state index contributed by atoms with van der Waals surface area (Å²) in [5, 5.41) is 9.92. The molecule has 1 N–H and O–H groups in total. The van der Waals surface area contributed by atoms with Crippen LogP contribution in [0.5, 0.6) is 0 Å². The molecular formula is C16H16F2N2O3. The molecule has 1 fully saturated rings. The molecule has 1 aromatic heterocycles. The minimum atomic E-state index is -0.983. The molecule has 0 spiro atoms. The van der Waals surface area contributed by atoms with Gasteiger partial charge in [-0.2, -0.15) is 0 Å². The number of carbonyl (C=O) groups excluding carboxylic acids is 1. The fraction of sp³-hybridized carbons (Fsp3) is 0.375. The van der Waals surface area contributed by atoms with Crippen LogP contribution >= 0.6 is 0 Å². The molecule has 1 amide bonds. The second kappa shape index (κ2) is 5.73. The molecule has 3 rings (SSSR count). The highest BCUT2D eigenvalue weighted by Crippen LogP contribution is 2.34. The SMILES string of the molecule is Cc1nc(C)c(C(=O)N2C[C@@H](O)C[C@H]2c2ccc(F)c(F)c2)o1. The number of carbonyl (C=O) groups is 1. The summed E-state index contributed by atoms with van der Waals surface area (Å²) < 4.78 is 31.9.